The number of nitrogens with one attached hydrogen (secondary N) is 1. The number of alkyl halides is 6. The molecular formula is C19H19F7N4O2. The fourth-order valence-corrected chi connectivity index (χ4v) is 4.59. The van der Waals surface area contributed by atoms with E-state index in [4.69, 9.17) is 5.73 Å². The third-order valence-corrected chi connectivity index (χ3v) is 6.39. The first kappa shape index (κ1) is 22.6. The molecule has 4 rings (SSSR count). The second-order valence-corrected chi connectivity index (χ2v) is 8.38. The molecule has 3 N–H and O–H groups in total. The molecule has 2 aliphatic rings. The van der Waals surface area contributed by atoms with E-state index in [0.717, 1.165) is 11.0 Å². The topological polar surface area (TPSA) is 84.1 Å². The molecule has 1 unspecified atom stereocenters. The van der Waals surface area contributed by atoms with Gasteiger partial charge in [0.05, 0.1) is 16.6 Å². The fraction of sp³-hybridized carbons (Fsp3) is 0.579. The van der Waals surface area contributed by atoms with E-state index in [1.165, 1.54) is 11.5 Å². The van der Waals surface area contributed by atoms with Crippen molar-refractivity contribution in [1.82, 2.24) is 9.55 Å². The van der Waals surface area contributed by atoms with Gasteiger partial charge >= 0.3 is 18.0 Å². The van der Waals surface area contributed by atoms with Crippen LogP contribution in [0.4, 0.5) is 36.4 Å². The lowest BCUT2D eigenvalue weighted by Crippen LogP contribution is -2.68. The Balaban J connectivity index is 1.83. The Morgan fingerprint density at radius 3 is 2.19 bits per heavy atom. The number of nitrogens with zero attached hydrogens (tertiary/aromatic N) is 2. The quantitative estimate of drug-likeness (QED) is 0.679. The molecule has 2 fully saturated rings. The molecular weight excluding hydrogens is 449 g/mol. The highest BCUT2D eigenvalue weighted by Crippen LogP contribution is 2.49. The van der Waals surface area contributed by atoms with Crippen LogP contribution < -0.4 is 21.9 Å². The van der Waals surface area contributed by atoms with E-state index in [2.05, 4.69) is 4.98 Å². The van der Waals surface area contributed by atoms with Crippen molar-refractivity contribution in [1.29, 1.82) is 0 Å². The molecule has 2 heterocycles. The first-order valence-corrected chi connectivity index (χ1v) is 9.83. The number of aromatic nitrogens is 2. The molecule has 1 aromatic carbocycles. The molecule has 1 aliphatic heterocycles. The largest absolute Gasteiger partial charge is 0.415 e. The van der Waals surface area contributed by atoms with Crippen LogP contribution >= 0.6 is 0 Å². The van der Waals surface area contributed by atoms with E-state index in [-0.39, 0.29) is 34.7 Å². The van der Waals surface area contributed by atoms with Crippen LogP contribution in [0.25, 0.3) is 10.9 Å². The lowest BCUT2D eigenvalue weighted by molar-refractivity contribution is -0.309. The number of rotatable bonds is 3. The van der Waals surface area contributed by atoms with Gasteiger partial charge in [0, 0.05) is 30.6 Å². The maximum atomic E-state index is 15.0. The van der Waals surface area contributed by atoms with Gasteiger partial charge in [-0.1, -0.05) is 0 Å². The molecule has 0 amide bonds. The summed E-state index contributed by atoms with van der Waals surface area (Å²) in [7, 11) is 0. The molecule has 1 saturated carbocycles. The second-order valence-electron chi connectivity index (χ2n) is 8.38. The summed E-state index contributed by atoms with van der Waals surface area (Å²) in [5.41, 5.74) is -1.11. The van der Waals surface area contributed by atoms with Gasteiger partial charge in [-0.15, -0.1) is 0 Å². The lowest BCUT2D eigenvalue weighted by Gasteiger charge is -2.38. The zero-order valence-corrected chi connectivity index (χ0v) is 16.7. The minimum Gasteiger partial charge on any atom is -0.369 e. The van der Waals surface area contributed by atoms with Crippen molar-refractivity contribution in [3.8, 4) is 0 Å². The highest BCUT2D eigenvalue weighted by Gasteiger charge is 2.72. The van der Waals surface area contributed by atoms with Crippen LogP contribution in [-0.2, 0) is 0 Å². The summed E-state index contributed by atoms with van der Waals surface area (Å²) in [5.74, 6) is -3.05. The van der Waals surface area contributed by atoms with Crippen molar-refractivity contribution < 1.29 is 30.7 Å². The SMILES string of the molecule is Cc1c(N2CCC(C(N)(C(F)(F)F)C(F)(F)F)C2)c(F)cc2c(=O)[nH]c(=O)n(C3CC3)c12. The first-order valence-electron chi connectivity index (χ1n) is 9.83. The smallest absolute Gasteiger partial charge is 0.369 e. The molecule has 0 bridgehead atoms. The predicted molar refractivity (Wildman–Crippen MR) is 101 cm³/mol. The molecule has 13 heteroatoms. The molecule has 1 aromatic heterocycles. The molecule has 1 atom stereocenters. The van der Waals surface area contributed by atoms with Gasteiger partial charge in [-0.05, 0) is 32.3 Å². The van der Waals surface area contributed by atoms with Gasteiger partial charge in [-0.3, -0.25) is 14.3 Å². The molecule has 2 aromatic rings. The number of hydrogen-bond acceptors (Lipinski definition) is 4. The summed E-state index contributed by atoms with van der Waals surface area (Å²) in [6.07, 6.45) is -10.8. The minimum atomic E-state index is -5.76. The van der Waals surface area contributed by atoms with Crippen molar-refractivity contribution in [2.45, 2.75) is 50.1 Å². The number of H-pyrrole nitrogens is 1. The van der Waals surface area contributed by atoms with Crippen LogP contribution in [0.15, 0.2) is 15.7 Å². The molecule has 1 aliphatic carbocycles. The van der Waals surface area contributed by atoms with Gasteiger partial charge in [0.1, 0.15) is 5.82 Å². The first-order chi connectivity index (χ1) is 14.7. The third kappa shape index (κ3) is 3.20. The Morgan fingerprint density at radius 2 is 1.66 bits per heavy atom. The van der Waals surface area contributed by atoms with Crippen LogP contribution in [0.5, 0.6) is 0 Å². The summed E-state index contributed by atoms with van der Waals surface area (Å²) in [4.78, 5) is 27.7. The highest BCUT2D eigenvalue weighted by atomic mass is 19.4. The van der Waals surface area contributed by atoms with Crippen molar-refractivity contribution >= 4 is 16.6 Å². The summed E-state index contributed by atoms with van der Waals surface area (Å²) in [5, 5.41) is -0.121. The van der Waals surface area contributed by atoms with Crippen LogP contribution in [0, 0.1) is 18.7 Å². The number of nitrogens with two attached hydrogens (primary N) is 1. The molecule has 6 nitrogen and oxygen atoms in total. The summed E-state index contributed by atoms with van der Waals surface area (Å²) >= 11 is 0. The van der Waals surface area contributed by atoms with Crippen molar-refractivity contribution in [2.24, 2.45) is 11.7 Å². The Bertz CT molecular complexity index is 1180. The van der Waals surface area contributed by atoms with Gasteiger partial charge in [-0.25, -0.2) is 9.18 Å². The van der Waals surface area contributed by atoms with E-state index < -0.39 is 53.8 Å². The van der Waals surface area contributed by atoms with E-state index in [9.17, 15) is 40.3 Å². The number of anilines is 1. The Morgan fingerprint density at radius 1 is 1.06 bits per heavy atom. The van der Waals surface area contributed by atoms with E-state index in [1.807, 2.05) is 0 Å². The Hall–Kier alpha value is -2.57. The third-order valence-electron chi connectivity index (χ3n) is 6.39. The molecule has 1 saturated heterocycles. The molecule has 0 radical (unpaired) electrons. The van der Waals surface area contributed by atoms with Crippen LogP contribution in [0.3, 0.4) is 0 Å². The van der Waals surface area contributed by atoms with E-state index >= 15 is 0 Å². The van der Waals surface area contributed by atoms with Gasteiger partial charge in [0.15, 0.2) is 0 Å². The summed E-state index contributed by atoms with van der Waals surface area (Å²) in [6.45, 7) is 0.278. The Kier molecular flexibility index (Phi) is 4.92. The average molecular weight is 468 g/mol. The van der Waals surface area contributed by atoms with Crippen molar-refractivity contribution in [3.63, 3.8) is 0 Å². The summed E-state index contributed by atoms with van der Waals surface area (Å²) < 4.78 is 96.5. The number of fused-ring (bicyclic) bond motifs is 1. The maximum Gasteiger partial charge on any atom is 0.415 e. The van der Waals surface area contributed by atoms with Crippen LogP contribution in [-0.4, -0.2) is 40.5 Å². The number of benzene rings is 1. The van der Waals surface area contributed by atoms with E-state index in [1.54, 1.807) is 0 Å². The number of hydrogen-bond donors (Lipinski definition) is 2. The molecule has 32 heavy (non-hydrogen) atoms. The lowest BCUT2D eigenvalue weighted by atomic mass is 9.82. The fourth-order valence-electron chi connectivity index (χ4n) is 4.59. The zero-order chi connectivity index (χ0) is 23.8. The van der Waals surface area contributed by atoms with E-state index in [0.29, 0.717) is 12.8 Å². The zero-order valence-electron chi connectivity index (χ0n) is 16.7. The monoisotopic (exact) mass is 468 g/mol. The number of halogens is 7. The van der Waals surface area contributed by atoms with Gasteiger partial charge in [0.25, 0.3) is 5.56 Å². The second kappa shape index (κ2) is 6.96. The van der Waals surface area contributed by atoms with Crippen LogP contribution in [0.1, 0.15) is 30.9 Å². The summed E-state index contributed by atoms with van der Waals surface area (Å²) in [6, 6.07) is 0.628. The minimum absolute atomic E-state index is 0.0948. The standard InChI is InChI=1S/C19H19F7N4O2/c1-8-13-11(15(31)28-16(32)30(13)10-2-3-10)6-12(20)14(8)29-5-4-9(7-29)17(27,18(21,22)23)19(24,25)26/h6,9-10H,2-5,7,27H2,1H3,(H,28,31,32). The van der Waals surface area contributed by atoms with Crippen LogP contribution in [0.2, 0.25) is 0 Å². The predicted octanol–water partition coefficient (Wildman–Crippen LogP) is 3.12. The van der Waals surface area contributed by atoms with Gasteiger partial charge < -0.3 is 10.6 Å². The highest BCUT2D eigenvalue weighted by molar-refractivity contribution is 5.87. The Labute approximate surface area is 175 Å². The average Bonchev–Trinajstić information content (AvgIpc) is 3.37. The number of aryl methyl sites for hydroxylation is 1. The van der Waals surface area contributed by atoms with Crippen molar-refractivity contribution in [3.05, 3.63) is 38.3 Å². The van der Waals surface area contributed by atoms with Crippen molar-refractivity contribution in [2.75, 3.05) is 18.0 Å². The van der Waals surface area contributed by atoms with Gasteiger partial charge in [0.2, 0.25) is 5.54 Å². The normalized spacial score (nSPS) is 20.4. The maximum absolute atomic E-state index is 15.0. The number of aromatic amines is 1. The molecule has 0 spiro atoms. The molecule has 176 valence electrons. The van der Waals surface area contributed by atoms with Gasteiger partial charge in [-0.2, -0.15) is 26.3 Å².